The lowest BCUT2D eigenvalue weighted by Crippen LogP contribution is -2.49. The maximum Gasteiger partial charge on any atom is 0.225 e. The van der Waals surface area contributed by atoms with E-state index in [1.165, 1.54) is 17.4 Å². The van der Waals surface area contributed by atoms with E-state index in [0.717, 1.165) is 6.07 Å². The summed E-state index contributed by atoms with van der Waals surface area (Å²) in [5.74, 6) is -1.08. The highest BCUT2D eigenvalue weighted by Crippen LogP contribution is 2.31. The molecule has 0 atom stereocenters. The number of rotatable bonds is 2. The van der Waals surface area contributed by atoms with Crippen LogP contribution in [0.5, 0.6) is 0 Å². The fourth-order valence-corrected chi connectivity index (χ4v) is 3.62. The monoisotopic (exact) mass is 325 g/mol. The summed E-state index contributed by atoms with van der Waals surface area (Å²) >= 11 is 1.28. The molecule has 118 valence electrons. The summed E-state index contributed by atoms with van der Waals surface area (Å²) in [7, 11) is 0. The van der Waals surface area contributed by atoms with Gasteiger partial charge in [-0.1, -0.05) is 25.2 Å². The number of hydrogen-bond acceptors (Lipinski definition) is 4. The molecule has 1 amide bonds. The molecular formula is C15H17F2N3OS. The van der Waals surface area contributed by atoms with Gasteiger partial charge in [-0.2, -0.15) is 0 Å². The van der Waals surface area contributed by atoms with Gasteiger partial charge in [-0.3, -0.25) is 4.79 Å². The Balaban J connectivity index is 1.77. The van der Waals surface area contributed by atoms with Gasteiger partial charge in [0.05, 0.1) is 4.70 Å². The van der Waals surface area contributed by atoms with E-state index in [9.17, 15) is 13.6 Å². The van der Waals surface area contributed by atoms with Crippen LogP contribution in [-0.4, -0.2) is 42.0 Å². The van der Waals surface area contributed by atoms with Crippen LogP contribution < -0.4 is 4.90 Å². The SMILES string of the molecule is CC(C)C(=O)N1CCN(c2nc3c(F)cc(F)cc3s2)CC1. The number of benzene rings is 1. The first-order valence-electron chi connectivity index (χ1n) is 7.25. The second kappa shape index (κ2) is 5.79. The van der Waals surface area contributed by atoms with Crippen LogP contribution in [0.15, 0.2) is 12.1 Å². The Bertz CT molecular complexity index is 708. The van der Waals surface area contributed by atoms with Gasteiger partial charge in [-0.05, 0) is 6.07 Å². The number of hydrogen-bond donors (Lipinski definition) is 0. The minimum atomic E-state index is -0.633. The molecular weight excluding hydrogens is 308 g/mol. The number of amides is 1. The summed E-state index contributed by atoms with van der Waals surface area (Å²) in [5, 5.41) is 0.677. The third-order valence-corrected chi connectivity index (χ3v) is 4.82. The van der Waals surface area contributed by atoms with Crippen LogP contribution in [0, 0.1) is 17.6 Å². The fourth-order valence-electron chi connectivity index (χ4n) is 2.56. The molecule has 0 unspecified atom stereocenters. The van der Waals surface area contributed by atoms with Gasteiger partial charge in [0.1, 0.15) is 11.3 Å². The van der Waals surface area contributed by atoms with E-state index >= 15 is 0 Å². The van der Waals surface area contributed by atoms with Gasteiger partial charge in [-0.25, -0.2) is 13.8 Å². The predicted molar refractivity (Wildman–Crippen MR) is 83.2 cm³/mol. The van der Waals surface area contributed by atoms with Gasteiger partial charge >= 0.3 is 0 Å². The van der Waals surface area contributed by atoms with Crippen molar-refractivity contribution in [1.29, 1.82) is 0 Å². The van der Waals surface area contributed by atoms with Gasteiger partial charge in [0.25, 0.3) is 0 Å². The Labute approximate surface area is 131 Å². The van der Waals surface area contributed by atoms with E-state index in [1.807, 2.05) is 23.6 Å². The number of aromatic nitrogens is 1. The highest BCUT2D eigenvalue weighted by molar-refractivity contribution is 7.22. The predicted octanol–water partition coefficient (Wildman–Crippen LogP) is 2.88. The zero-order valence-corrected chi connectivity index (χ0v) is 13.3. The largest absolute Gasteiger partial charge is 0.345 e. The van der Waals surface area contributed by atoms with Crippen LogP contribution in [0.2, 0.25) is 0 Å². The fraction of sp³-hybridized carbons (Fsp3) is 0.467. The lowest BCUT2D eigenvalue weighted by Gasteiger charge is -2.35. The topological polar surface area (TPSA) is 36.4 Å². The lowest BCUT2D eigenvalue weighted by molar-refractivity contribution is -0.134. The van der Waals surface area contributed by atoms with Crippen molar-refractivity contribution in [2.45, 2.75) is 13.8 Å². The van der Waals surface area contributed by atoms with Crippen molar-refractivity contribution in [3.8, 4) is 0 Å². The van der Waals surface area contributed by atoms with Crippen LogP contribution in [0.4, 0.5) is 13.9 Å². The third kappa shape index (κ3) is 2.77. The molecule has 3 rings (SSSR count). The molecule has 0 spiro atoms. The lowest BCUT2D eigenvalue weighted by atomic mass is 10.2. The summed E-state index contributed by atoms with van der Waals surface area (Å²) in [4.78, 5) is 20.1. The van der Waals surface area contributed by atoms with Crippen molar-refractivity contribution >= 4 is 32.6 Å². The number of anilines is 1. The quantitative estimate of drug-likeness (QED) is 0.852. The molecule has 7 heteroatoms. The van der Waals surface area contributed by atoms with Gasteiger partial charge in [-0.15, -0.1) is 0 Å². The summed E-state index contributed by atoms with van der Waals surface area (Å²) in [6.45, 7) is 6.34. The number of thiazole rings is 1. The van der Waals surface area contributed by atoms with E-state index < -0.39 is 11.6 Å². The van der Waals surface area contributed by atoms with E-state index in [-0.39, 0.29) is 17.3 Å². The Morgan fingerprint density at radius 2 is 1.91 bits per heavy atom. The van der Waals surface area contributed by atoms with Crippen molar-refractivity contribution < 1.29 is 13.6 Å². The molecule has 1 aromatic heterocycles. The second-order valence-corrected chi connectivity index (χ2v) is 6.71. The molecule has 22 heavy (non-hydrogen) atoms. The van der Waals surface area contributed by atoms with Crippen molar-refractivity contribution in [3.63, 3.8) is 0 Å². The Morgan fingerprint density at radius 3 is 2.55 bits per heavy atom. The van der Waals surface area contributed by atoms with Crippen molar-refractivity contribution in [1.82, 2.24) is 9.88 Å². The van der Waals surface area contributed by atoms with Gasteiger partial charge < -0.3 is 9.80 Å². The number of fused-ring (bicyclic) bond motifs is 1. The normalized spacial score (nSPS) is 15.9. The maximum atomic E-state index is 13.7. The first kappa shape index (κ1) is 15.1. The molecule has 1 aliphatic heterocycles. The minimum Gasteiger partial charge on any atom is -0.345 e. The molecule has 2 aromatic rings. The number of nitrogens with zero attached hydrogens (tertiary/aromatic N) is 3. The molecule has 0 aliphatic carbocycles. The molecule has 2 heterocycles. The van der Waals surface area contributed by atoms with E-state index in [4.69, 9.17) is 0 Å². The first-order valence-corrected chi connectivity index (χ1v) is 8.06. The number of carbonyl (C=O) groups excluding carboxylic acids is 1. The van der Waals surface area contributed by atoms with Crippen LogP contribution in [0.3, 0.4) is 0 Å². The third-order valence-electron chi connectivity index (χ3n) is 3.76. The van der Waals surface area contributed by atoms with E-state index in [0.29, 0.717) is 36.0 Å². The zero-order chi connectivity index (χ0) is 15.9. The molecule has 1 saturated heterocycles. The second-order valence-electron chi connectivity index (χ2n) is 5.70. The zero-order valence-electron chi connectivity index (χ0n) is 12.5. The van der Waals surface area contributed by atoms with E-state index in [2.05, 4.69) is 4.98 Å². The highest BCUT2D eigenvalue weighted by Gasteiger charge is 2.24. The number of halogens is 2. The van der Waals surface area contributed by atoms with Gasteiger partial charge in [0.2, 0.25) is 5.91 Å². The van der Waals surface area contributed by atoms with Gasteiger partial charge in [0, 0.05) is 38.2 Å². The average molecular weight is 325 g/mol. The van der Waals surface area contributed by atoms with Crippen LogP contribution in [0.25, 0.3) is 10.2 Å². The molecule has 0 saturated carbocycles. The molecule has 0 bridgehead atoms. The first-order chi connectivity index (χ1) is 10.5. The molecule has 1 aliphatic rings. The molecule has 1 fully saturated rings. The summed E-state index contributed by atoms with van der Waals surface area (Å²) < 4.78 is 27.5. The van der Waals surface area contributed by atoms with E-state index in [1.54, 1.807) is 0 Å². The van der Waals surface area contributed by atoms with Crippen LogP contribution in [-0.2, 0) is 4.79 Å². The summed E-state index contributed by atoms with van der Waals surface area (Å²) in [5.41, 5.74) is 0.210. The Hall–Kier alpha value is -1.76. The maximum absolute atomic E-state index is 13.7. The minimum absolute atomic E-state index is 0.00827. The number of carbonyl (C=O) groups is 1. The van der Waals surface area contributed by atoms with Gasteiger partial charge in [0.15, 0.2) is 10.9 Å². The molecule has 0 N–H and O–H groups in total. The van der Waals surface area contributed by atoms with Crippen molar-refractivity contribution in [2.24, 2.45) is 5.92 Å². The smallest absolute Gasteiger partial charge is 0.225 e. The van der Waals surface area contributed by atoms with Crippen molar-refractivity contribution in [2.75, 3.05) is 31.1 Å². The highest BCUT2D eigenvalue weighted by atomic mass is 32.1. The molecule has 4 nitrogen and oxygen atoms in total. The average Bonchev–Trinajstić information content (AvgIpc) is 2.90. The molecule has 0 radical (unpaired) electrons. The van der Waals surface area contributed by atoms with Crippen LogP contribution in [0.1, 0.15) is 13.8 Å². The Morgan fingerprint density at radius 1 is 1.23 bits per heavy atom. The van der Waals surface area contributed by atoms with Crippen molar-refractivity contribution in [3.05, 3.63) is 23.8 Å². The molecule has 1 aromatic carbocycles. The standard InChI is InChI=1S/C15H17F2N3OS/c1-9(2)14(21)19-3-5-20(6-4-19)15-18-13-11(17)7-10(16)8-12(13)22-15/h7-9H,3-6H2,1-2H3. The van der Waals surface area contributed by atoms with Crippen LogP contribution >= 0.6 is 11.3 Å². The number of piperazine rings is 1. The summed E-state index contributed by atoms with van der Waals surface area (Å²) in [6.07, 6.45) is 0. The Kier molecular flexibility index (Phi) is 3.99. The summed E-state index contributed by atoms with van der Waals surface area (Å²) in [6, 6.07) is 2.16.